The van der Waals surface area contributed by atoms with Gasteiger partial charge in [-0.2, -0.15) is 13.2 Å². The molecule has 0 spiro atoms. The molecule has 0 bridgehead atoms. The highest BCUT2D eigenvalue weighted by Gasteiger charge is 2.33. The molecule has 18 heavy (non-hydrogen) atoms. The molecule has 0 saturated carbocycles. The molecule has 0 atom stereocenters. The van der Waals surface area contributed by atoms with Crippen molar-refractivity contribution >= 4 is 33.4 Å². The van der Waals surface area contributed by atoms with Crippen LogP contribution in [0.5, 0.6) is 0 Å². The quantitative estimate of drug-likeness (QED) is 0.794. The van der Waals surface area contributed by atoms with Crippen molar-refractivity contribution in [2.75, 3.05) is 4.90 Å². The lowest BCUT2D eigenvalue weighted by molar-refractivity contribution is -0.138. The first-order chi connectivity index (χ1) is 8.14. The second-order valence-electron chi connectivity index (χ2n) is 3.54. The van der Waals surface area contributed by atoms with Crippen LogP contribution in [0.15, 0.2) is 22.7 Å². The third-order valence-electron chi connectivity index (χ3n) is 2.15. The number of imide groups is 1. The van der Waals surface area contributed by atoms with Gasteiger partial charge in [-0.3, -0.25) is 14.5 Å². The first-order valence-corrected chi connectivity index (χ1v) is 5.62. The molecule has 1 aromatic rings. The molecule has 0 aliphatic heterocycles. The summed E-state index contributed by atoms with van der Waals surface area (Å²) < 4.78 is 37.3. The van der Waals surface area contributed by atoms with Crippen LogP contribution < -0.4 is 4.90 Å². The van der Waals surface area contributed by atoms with E-state index in [9.17, 15) is 22.8 Å². The topological polar surface area (TPSA) is 37.4 Å². The maximum absolute atomic E-state index is 12.5. The summed E-state index contributed by atoms with van der Waals surface area (Å²) in [5, 5.41) is 0. The van der Waals surface area contributed by atoms with E-state index in [1.54, 1.807) is 0 Å². The molecule has 1 aromatic carbocycles. The van der Waals surface area contributed by atoms with E-state index in [2.05, 4.69) is 15.9 Å². The Morgan fingerprint density at radius 3 is 2.00 bits per heavy atom. The molecule has 98 valence electrons. The first kappa shape index (κ1) is 14.7. The Labute approximate surface area is 110 Å². The number of halogens is 4. The van der Waals surface area contributed by atoms with Crippen molar-refractivity contribution in [3.05, 3.63) is 28.2 Å². The number of benzene rings is 1. The molecule has 0 unspecified atom stereocenters. The molecule has 0 saturated heterocycles. The van der Waals surface area contributed by atoms with E-state index in [4.69, 9.17) is 0 Å². The summed E-state index contributed by atoms with van der Waals surface area (Å²) in [4.78, 5) is 23.3. The standard InChI is InChI=1S/C11H9BrF3NO2/c1-6(17)16(7(2)18)8-3-4-9(10(12)5-8)11(13,14)15/h3-5H,1-2H3. The van der Waals surface area contributed by atoms with Crippen molar-refractivity contribution in [3.63, 3.8) is 0 Å². The van der Waals surface area contributed by atoms with Crippen molar-refractivity contribution in [1.82, 2.24) is 0 Å². The van der Waals surface area contributed by atoms with Crippen molar-refractivity contribution in [1.29, 1.82) is 0 Å². The predicted octanol–water partition coefficient (Wildman–Crippen LogP) is 3.37. The maximum Gasteiger partial charge on any atom is 0.417 e. The molecule has 0 N–H and O–H groups in total. The number of hydrogen-bond acceptors (Lipinski definition) is 2. The third kappa shape index (κ3) is 3.10. The van der Waals surface area contributed by atoms with Crippen LogP contribution in [0.3, 0.4) is 0 Å². The van der Waals surface area contributed by atoms with Crippen molar-refractivity contribution in [2.45, 2.75) is 20.0 Å². The van der Waals surface area contributed by atoms with Crippen LogP contribution in [0.2, 0.25) is 0 Å². The fourth-order valence-electron chi connectivity index (χ4n) is 1.46. The molecule has 3 nitrogen and oxygen atoms in total. The number of alkyl halides is 3. The number of nitrogens with zero attached hydrogens (tertiary/aromatic N) is 1. The molecule has 7 heteroatoms. The van der Waals surface area contributed by atoms with E-state index < -0.39 is 23.6 Å². The number of rotatable bonds is 1. The molecule has 0 radical (unpaired) electrons. The van der Waals surface area contributed by atoms with Crippen molar-refractivity contribution < 1.29 is 22.8 Å². The maximum atomic E-state index is 12.5. The van der Waals surface area contributed by atoms with Gasteiger partial charge in [0, 0.05) is 18.3 Å². The van der Waals surface area contributed by atoms with Crippen molar-refractivity contribution in [3.8, 4) is 0 Å². The van der Waals surface area contributed by atoms with Gasteiger partial charge in [0.2, 0.25) is 11.8 Å². The number of carbonyl (C=O) groups is 2. The first-order valence-electron chi connectivity index (χ1n) is 4.82. The molecule has 0 aromatic heterocycles. The highest BCUT2D eigenvalue weighted by Crippen LogP contribution is 2.36. The normalized spacial score (nSPS) is 11.2. The van der Waals surface area contributed by atoms with E-state index in [0.717, 1.165) is 36.9 Å². The Morgan fingerprint density at radius 1 is 1.17 bits per heavy atom. The fourth-order valence-corrected chi connectivity index (χ4v) is 2.05. The van der Waals surface area contributed by atoms with Gasteiger partial charge in [-0.1, -0.05) is 15.9 Å². The number of carbonyl (C=O) groups excluding carboxylic acids is 2. The molecule has 0 heterocycles. The van der Waals surface area contributed by atoms with Gasteiger partial charge in [-0.25, -0.2) is 0 Å². The molecule has 0 aliphatic carbocycles. The monoisotopic (exact) mass is 323 g/mol. The summed E-state index contributed by atoms with van der Waals surface area (Å²) in [7, 11) is 0. The summed E-state index contributed by atoms with van der Waals surface area (Å²) in [6, 6.07) is 2.99. The minimum atomic E-state index is -4.49. The number of hydrogen-bond donors (Lipinski definition) is 0. The van der Waals surface area contributed by atoms with Gasteiger partial charge >= 0.3 is 6.18 Å². The average molecular weight is 324 g/mol. The Balaban J connectivity index is 3.26. The third-order valence-corrected chi connectivity index (χ3v) is 2.80. The fraction of sp³-hybridized carbons (Fsp3) is 0.273. The number of anilines is 1. The van der Waals surface area contributed by atoms with E-state index >= 15 is 0 Å². The second-order valence-corrected chi connectivity index (χ2v) is 4.39. The molecule has 0 fully saturated rings. The lowest BCUT2D eigenvalue weighted by Crippen LogP contribution is -2.33. The van der Waals surface area contributed by atoms with E-state index in [0.29, 0.717) is 0 Å². The van der Waals surface area contributed by atoms with Gasteiger partial charge in [-0.15, -0.1) is 0 Å². The van der Waals surface area contributed by atoms with E-state index in [-0.39, 0.29) is 10.2 Å². The second kappa shape index (κ2) is 5.09. The van der Waals surface area contributed by atoms with E-state index in [1.165, 1.54) is 0 Å². The van der Waals surface area contributed by atoms with Gasteiger partial charge in [0.05, 0.1) is 11.3 Å². The van der Waals surface area contributed by atoms with Crippen LogP contribution in [-0.4, -0.2) is 11.8 Å². The van der Waals surface area contributed by atoms with Crippen LogP contribution in [0.25, 0.3) is 0 Å². The zero-order valence-corrected chi connectivity index (χ0v) is 11.1. The SMILES string of the molecule is CC(=O)N(C(C)=O)c1ccc(C(F)(F)F)c(Br)c1. The lowest BCUT2D eigenvalue weighted by Gasteiger charge is -2.18. The zero-order valence-electron chi connectivity index (χ0n) is 9.51. The van der Waals surface area contributed by atoms with Crippen molar-refractivity contribution in [2.24, 2.45) is 0 Å². The van der Waals surface area contributed by atoms with Crippen LogP contribution >= 0.6 is 15.9 Å². The Bertz CT molecular complexity index is 486. The van der Waals surface area contributed by atoms with Gasteiger partial charge in [0.15, 0.2) is 0 Å². The molecule has 1 rings (SSSR count). The molecular formula is C11H9BrF3NO2. The smallest absolute Gasteiger partial charge is 0.274 e. The summed E-state index contributed by atoms with van der Waals surface area (Å²) in [6.07, 6.45) is -4.49. The van der Waals surface area contributed by atoms with E-state index in [1.807, 2.05) is 0 Å². The summed E-state index contributed by atoms with van der Waals surface area (Å²) in [5.74, 6) is -1.12. The van der Waals surface area contributed by atoms with Gasteiger partial charge in [0.1, 0.15) is 0 Å². The minimum Gasteiger partial charge on any atom is -0.274 e. The highest BCUT2D eigenvalue weighted by molar-refractivity contribution is 9.10. The Hall–Kier alpha value is -1.37. The largest absolute Gasteiger partial charge is 0.417 e. The minimum absolute atomic E-state index is 0.0925. The summed E-state index contributed by atoms with van der Waals surface area (Å²) in [5.41, 5.74) is -0.770. The Kier molecular flexibility index (Phi) is 4.16. The van der Waals surface area contributed by atoms with Crippen LogP contribution in [0, 0.1) is 0 Å². The van der Waals surface area contributed by atoms with Crippen LogP contribution in [0.1, 0.15) is 19.4 Å². The van der Waals surface area contributed by atoms with Crippen LogP contribution in [0.4, 0.5) is 18.9 Å². The molecule has 0 aliphatic rings. The average Bonchev–Trinajstić information content (AvgIpc) is 2.13. The predicted molar refractivity (Wildman–Crippen MR) is 63.0 cm³/mol. The summed E-state index contributed by atoms with van der Waals surface area (Å²) >= 11 is 2.78. The molecule has 2 amide bonds. The zero-order chi connectivity index (χ0) is 14.1. The Morgan fingerprint density at radius 2 is 1.67 bits per heavy atom. The van der Waals surface area contributed by atoms with Crippen LogP contribution in [-0.2, 0) is 15.8 Å². The van der Waals surface area contributed by atoms with Gasteiger partial charge in [-0.05, 0) is 18.2 Å². The highest BCUT2D eigenvalue weighted by atomic mass is 79.9. The van der Waals surface area contributed by atoms with Gasteiger partial charge in [0.25, 0.3) is 0 Å². The summed E-state index contributed by atoms with van der Waals surface area (Å²) in [6.45, 7) is 2.32. The lowest BCUT2D eigenvalue weighted by atomic mass is 10.2. The number of amides is 2. The van der Waals surface area contributed by atoms with Gasteiger partial charge < -0.3 is 0 Å². The molecular weight excluding hydrogens is 315 g/mol.